The van der Waals surface area contributed by atoms with Gasteiger partial charge >= 0.3 is 11.9 Å². The maximum atomic E-state index is 10.1. The minimum absolute atomic E-state index is 0.245. The van der Waals surface area contributed by atoms with Gasteiger partial charge in [-0.05, 0) is 25.0 Å². The summed E-state index contributed by atoms with van der Waals surface area (Å²) in [6.07, 6.45) is 9.32. The van der Waals surface area contributed by atoms with E-state index in [-0.39, 0.29) is 12.8 Å². The third kappa shape index (κ3) is 16.1. The van der Waals surface area contributed by atoms with E-state index in [2.05, 4.69) is 4.98 Å². The molecule has 0 fully saturated rings. The second-order valence-corrected chi connectivity index (χ2v) is 4.43. The van der Waals surface area contributed by atoms with Crippen molar-refractivity contribution in [3.8, 4) is 0 Å². The van der Waals surface area contributed by atoms with E-state index in [9.17, 15) is 9.59 Å². The van der Waals surface area contributed by atoms with Crippen LogP contribution < -0.4 is 0 Å². The smallest absolute Gasteiger partial charge is 0.303 e. The van der Waals surface area contributed by atoms with Crippen molar-refractivity contribution in [2.24, 2.45) is 0 Å². The molecular formula is C15H23NO4. The number of carboxylic acid groups (broad SMARTS) is 2. The molecule has 5 heteroatoms. The predicted molar refractivity (Wildman–Crippen MR) is 76.4 cm³/mol. The van der Waals surface area contributed by atoms with Crippen LogP contribution in [0.4, 0.5) is 0 Å². The summed E-state index contributed by atoms with van der Waals surface area (Å²) >= 11 is 0. The van der Waals surface area contributed by atoms with Crippen molar-refractivity contribution < 1.29 is 19.8 Å². The summed E-state index contributed by atoms with van der Waals surface area (Å²) in [5, 5.41) is 16.7. The number of rotatable bonds is 9. The molecule has 0 spiro atoms. The van der Waals surface area contributed by atoms with E-state index >= 15 is 0 Å². The zero-order valence-electron chi connectivity index (χ0n) is 11.7. The lowest BCUT2D eigenvalue weighted by atomic mass is 10.1. The van der Waals surface area contributed by atoms with Crippen LogP contribution in [0.1, 0.15) is 51.4 Å². The van der Waals surface area contributed by atoms with Gasteiger partial charge in [0.05, 0.1) is 0 Å². The van der Waals surface area contributed by atoms with Crippen molar-refractivity contribution in [2.75, 3.05) is 0 Å². The molecule has 0 saturated heterocycles. The molecule has 0 unspecified atom stereocenters. The van der Waals surface area contributed by atoms with Gasteiger partial charge in [0.2, 0.25) is 0 Å². The highest BCUT2D eigenvalue weighted by Crippen LogP contribution is 2.08. The van der Waals surface area contributed by atoms with Crippen LogP contribution in [0.3, 0.4) is 0 Å². The molecule has 0 bridgehead atoms. The third-order valence-electron chi connectivity index (χ3n) is 2.60. The third-order valence-corrected chi connectivity index (χ3v) is 2.60. The molecule has 0 aromatic carbocycles. The zero-order chi connectivity index (χ0) is 15.1. The fraction of sp³-hybridized carbons (Fsp3) is 0.533. The van der Waals surface area contributed by atoms with Crippen molar-refractivity contribution in [3.63, 3.8) is 0 Å². The summed E-state index contributed by atoms with van der Waals surface area (Å²) in [5.74, 6) is -1.48. The van der Waals surface area contributed by atoms with Crippen LogP contribution in [0, 0.1) is 0 Å². The summed E-state index contributed by atoms with van der Waals surface area (Å²) in [6, 6.07) is 5.72. The number of hydrogen-bond acceptors (Lipinski definition) is 3. The summed E-state index contributed by atoms with van der Waals surface area (Å²) in [7, 11) is 0. The van der Waals surface area contributed by atoms with Crippen LogP contribution in [-0.4, -0.2) is 27.1 Å². The number of carbonyl (C=O) groups is 2. The molecule has 112 valence electrons. The van der Waals surface area contributed by atoms with Gasteiger partial charge in [0.15, 0.2) is 0 Å². The fourth-order valence-corrected chi connectivity index (χ4v) is 1.57. The molecule has 5 nitrogen and oxygen atoms in total. The molecule has 0 aliphatic rings. The summed E-state index contributed by atoms with van der Waals surface area (Å²) in [5.41, 5.74) is 0. The number of unbranched alkanes of at least 4 members (excludes halogenated alkanes) is 5. The Morgan fingerprint density at radius 2 is 1.10 bits per heavy atom. The maximum Gasteiger partial charge on any atom is 0.303 e. The molecule has 1 aromatic heterocycles. The van der Waals surface area contributed by atoms with Crippen LogP contribution in [0.5, 0.6) is 0 Å². The highest BCUT2D eigenvalue weighted by atomic mass is 16.4. The zero-order valence-corrected chi connectivity index (χ0v) is 11.7. The molecule has 1 heterocycles. The summed E-state index contributed by atoms with van der Waals surface area (Å²) in [6.45, 7) is 0. The average molecular weight is 281 g/mol. The Bertz CT molecular complexity index is 307. The molecule has 20 heavy (non-hydrogen) atoms. The van der Waals surface area contributed by atoms with Crippen LogP contribution in [0.25, 0.3) is 0 Å². The van der Waals surface area contributed by atoms with Crippen molar-refractivity contribution in [3.05, 3.63) is 30.6 Å². The monoisotopic (exact) mass is 281 g/mol. The normalized spacial score (nSPS) is 9.40. The molecule has 0 amide bonds. The first-order valence-corrected chi connectivity index (χ1v) is 6.91. The second kappa shape index (κ2) is 13.5. The first-order valence-electron chi connectivity index (χ1n) is 6.91. The van der Waals surface area contributed by atoms with Gasteiger partial charge in [-0.25, -0.2) is 0 Å². The first-order chi connectivity index (χ1) is 9.63. The predicted octanol–water partition coefficient (Wildman–Crippen LogP) is 3.36. The number of aliphatic carboxylic acids is 2. The maximum absolute atomic E-state index is 10.1. The standard InChI is InChI=1S/C10H18O4.C5H5N/c11-9(12)7-5-3-1-2-4-6-8-10(13)14;1-2-4-6-5-3-1/h1-8H2,(H,11,12)(H,13,14);1-5H. The number of pyridine rings is 1. The quantitative estimate of drug-likeness (QED) is 0.678. The van der Waals surface area contributed by atoms with Crippen molar-refractivity contribution in [1.82, 2.24) is 4.98 Å². The highest BCUT2D eigenvalue weighted by Gasteiger charge is 1.98. The molecule has 1 rings (SSSR count). The lowest BCUT2D eigenvalue weighted by molar-refractivity contribution is -0.138. The largest absolute Gasteiger partial charge is 0.481 e. The molecule has 0 atom stereocenters. The topological polar surface area (TPSA) is 87.5 Å². The van der Waals surface area contributed by atoms with Gasteiger partial charge in [0.25, 0.3) is 0 Å². The number of hydrogen-bond donors (Lipinski definition) is 2. The molecule has 0 saturated carbocycles. The fourth-order valence-electron chi connectivity index (χ4n) is 1.57. The second-order valence-electron chi connectivity index (χ2n) is 4.43. The molecule has 0 aliphatic carbocycles. The van der Waals surface area contributed by atoms with Crippen molar-refractivity contribution >= 4 is 11.9 Å². The van der Waals surface area contributed by atoms with E-state index in [1.165, 1.54) is 0 Å². The minimum Gasteiger partial charge on any atom is -0.481 e. The molecule has 2 N–H and O–H groups in total. The molecule has 1 aromatic rings. The van der Waals surface area contributed by atoms with E-state index in [4.69, 9.17) is 10.2 Å². The molecular weight excluding hydrogens is 258 g/mol. The van der Waals surface area contributed by atoms with Gasteiger partial charge in [-0.3, -0.25) is 14.6 Å². The van der Waals surface area contributed by atoms with E-state index in [1.54, 1.807) is 12.4 Å². The Morgan fingerprint density at radius 3 is 1.35 bits per heavy atom. The number of carboxylic acids is 2. The summed E-state index contributed by atoms with van der Waals surface area (Å²) < 4.78 is 0. The Balaban J connectivity index is 0.000000493. The Hall–Kier alpha value is -1.91. The lowest BCUT2D eigenvalue weighted by Crippen LogP contribution is -1.94. The lowest BCUT2D eigenvalue weighted by Gasteiger charge is -1.98. The summed E-state index contributed by atoms with van der Waals surface area (Å²) in [4.78, 5) is 24.1. The van der Waals surface area contributed by atoms with E-state index < -0.39 is 11.9 Å². The highest BCUT2D eigenvalue weighted by molar-refractivity contribution is 5.66. The van der Waals surface area contributed by atoms with Crippen molar-refractivity contribution in [2.45, 2.75) is 51.4 Å². The van der Waals surface area contributed by atoms with E-state index in [0.717, 1.165) is 38.5 Å². The van der Waals surface area contributed by atoms with Crippen LogP contribution in [-0.2, 0) is 9.59 Å². The van der Waals surface area contributed by atoms with Gasteiger partial charge in [0, 0.05) is 25.2 Å². The van der Waals surface area contributed by atoms with Gasteiger partial charge in [-0.1, -0.05) is 31.7 Å². The van der Waals surface area contributed by atoms with Gasteiger partial charge in [-0.15, -0.1) is 0 Å². The van der Waals surface area contributed by atoms with E-state index in [0.29, 0.717) is 0 Å². The number of aromatic nitrogens is 1. The molecule has 0 aliphatic heterocycles. The van der Waals surface area contributed by atoms with Gasteiger partial charge in [0.1, 0.15) is 0 Å². The SMILES string of the molecule is O=C(O)CCCCCCCCC(=O)O.c1ccncc1. The minimum atomic E-state index is -0.740. The average Bonchev–Trinajstić information content (AvgIpc) is 2.44. The van der Waals surface area contributed by atoms with Gasteiger partial charge < -0.3 is 10.2 Å². The number of nitrogens with zero attached hydrogens (tertiary/aromatic N) is 1. The van der Waals surface area contributed by atoms with Crippen LogP contribution >= 0.6 is 0 Å². The van der Waals surface area contributed by atoms with Gasteiger partial charge in [-0.2, -0.15) is 0 Å². The van der Waals surface area contributed by atoms with E-state index in [1.807, 2.05) is 18.2 Å². The Kier molecular flexibility index (Phi) is 12.2. The van der Waals surface area contributed by atoms with Crippen LogP contribution in [0.15, 0.2) is 30.6 Å². The van der Waals surface area contributed by atoms with Crippen LogP contribution in [0.2, 0.25) is 0 Å². The van der Waals surface area contributed by atoms with Crippen molar-refractivity contribution in [1.29, 1.82) is 0 Å². The first kappa shape index (κ1) is 18.1. The Morgan fingerprint density at radius 1 is 0.700 bits per heavy atom. The Labute approximate surface area is 119 Å². The molecule has 0 radical (unpaired) electrons.